The van der Waals surface area contributed by atoms with Crippen LogP contribution < -0.4 is 5.32 Å². The first-order valence-corrected chi connectivity index (χ1v) is 7.37. The van der Waals surface area contributed by atoms with Gasteiger partial charge in [-0.3, -0.25) is 9.59 Å². The Morgan fingerprint density at radius 3 is 2.62 bits per heavy atom. The maximum atomic E-state index is 12.4. The molecule has 0 aromatic heterocycles. The normalized spacial score (nSPS) is 29.6. The van der Waals surface area contributed by atoms with Crippen molar-refractivity contribution < 1.29 is 14.7 Å². The smallest absolute Gasteiger partial charge is 0.307 e. The molecule has 4 nitrogen and oxygen atoms in total. The van der Waals surface area contributed by atoms with Gasteiger partial charge < -0.3 is 10.4 Å². The van der Waals surface area contributed by atoms with Crippen molar-refractivity contribution in [2.75, 3.05) is 0 Å². The number of allylic oxidation sites excluding steroid dienone is 2. The van der Waals surface area contributed by atoms with Crippen LogP contribution in [-0.2, 0) is 16.1 Å². The summed E-state index contributed by atoms with van der Waals surface area (Å²) in [5.41, 5.74) is 0.904. The Hall–Kier alpha value is -1.81. The first-order valence-electron chi connectivity index (χ1n) is 6.99. The number of carboxylic acid groups (broad SMARTS) is 1. The van der Waals surface area contributed by atoms with Crippen LogP contribution in [0.5, 0.6) is 0 Å². The summed E-state index contributed by atoms with van der Waals surface area (Å²) >= 11 is 5.90. The summed E-state index contributed by atoms with van der Waals surface area (Å²) in [6.45, 7) is 0.364. The number of nitrogens with one attached hydrogen (secondary N) is 1. The lowest BCUT2D eigenvalue weighted by atomic mass is 9.82. The molecule has 0 saturated heterocycles. The second-order valence-corrected chi connectivity index (χ2v) is 6.12. The van der Waals surface area contributed by atoms with Crippen LogP contribution in [0.2, 0.25) is 5.02 Å². The van der Waals surface area contributed by atoms with Crippen molar-refractivity contribution in [3.05, 3.63) is 47.0 Å². The van der Waals surface area contributed by atoms with Gasteiger partial charge in [0.2, 0.25) is 5.91 Å². The molecule has 3 rings (SSSR count). The molecule has 1 fully saturated rings. The first-order chi connectivity index (χ1) is 10.1. The number of carbonyl (C=O) groups excluding carboxylic acids is 1. The predicted octanol–water partition coefficient (Wildman–Crippen LogP) is 2.48. The largest absolute Gasteiger partial charge is 0.481 e. The minimum atomic E-state index is -0.880. The predicted molar refractivity (Wildman–Crippen MR) is 78.7 cm³/mol. The number of rotatable bonds is 4. The van der Waals surface area contributed by atoms with Crippen molar-refractivity contribution in [2.45, 2.75) is 13.0 Å². The lowest BCUT2D eigenvalue weighted by Gasteiger charge is -2.23. The van der Waals surface area contributed by atoms with E-state index in [9.17, 15) is 14.7 Å². The van der Waals surface area contributed by atoms with Crippen LogP contribution >= 0.6 is 11.6 Å². The number of halogens is 1. The summed E-state index contributed by atoms with van der Waals surface area (Å²) in [5, 5.41) is 12.8. The molecule has 1 amide bonds. The third-order valence-electron chi connectivity index (χ3n) is 4.40. The Morgan fingerprint density at radius 2 is 1.95 bits per heavy atom. The van der Waals surface area contributed by atoms with Gasteiger partial charge in [0.15, 0.2) is 0 Å². The monoisotopic (exact) mass is 305 g/mol. The Kier molecular flexibility index (Phi) is 3.72. The zero-order valence-electron chi connectivity index (χ0n) is 11.3. The number of amides is 1. The van der Waals surface area contributed by atoms with Crippen LogP contribution in [-0.4, -0.2) is 17.0 Å². The molecule has 0 heterocycles. The molecule has 110 valence electrons. The third-order valence-corrected chi connectivity index (χ3v) is 4.64. The molecular weight excluding hydrogens is 290 g/mol. The lowest BCUT2D eigenvalue weighted by molar-refractivity contribution is -0.147. The summed E-state index contributed by atoms with van der Waals surface area (Å²) in [4.78, 5) is 23.8. The van der Waals surface area contributed by atoms with Crippen LogP contribution in [0.15, 0.2) is 36.4 Å². The van der Waals surface area contributed by atoms with Gasteiger partial charge in [0.05, 0.1) is 11.8 Å². The number of aliphatic carboxylic acids is 1. The fraction of sp³-hybridized carbons (Fsp3) is 0.375. The molecule has 2 N–H and O–H groups in total. The third kappa shape index (κ3) is 2.68. The van der Waals surface area contributed by atoms with E-state index < -0.39 is 17.8 Å². The van der Waals surface area contributed by atoms with Crippen LogP contribution in [0.1, 0.15) is 12.0 Å². The Labute approximate surface area is 127 Å². The zero-order chi connectivity index (χ0) is 15.0. The van der Waals surface area contributed by atoms with Gasteiger partial charge in [0, 0.05) is 11.6 Å². The number of hydrogen-bond donors (Lipinski definition) is 2. The topological polar surface area (TPSA) is 66.4 Å². The number of fused-ring (bicyclic) bond motifs is 2. The molecule has 2 aliphatic rings. The molecule has 0 unspecified atom stereocenters. The fourth-order valence-electron chi connectivity index (χ4n) is 3.47. The van der Waals surface area contributed by atoms with Gasteiger partial charge in [-0.15, -0.1) is 0 Å². The van der Waals surface area contributed by atoms with Crippen molar-refractivity contribution >= 4 is 23.5 Å². The second-order valence-electron chi connectivity index (χ2n) is 5.69. The average Bonchev–Trinajstić information content (AvgIpc) is 3.05. The van der Waals surface area contributed by atoms with E-state index in [1.165, 1.54) is 0 Å². The minimum Gasteiger partial charge on any atom is -0.481 e. The van der Waals surface area contributed by atoms with Gasteiger partial charge in [-0.2, -0.15) is 0 Å². The highest BCUT2D eigenvalue weighted by Crippen LogP contribution is 2.48. The highest BCUT2D eigenvalue weighted by molar-refractivity contribution is 6.30. The van der Waals surface area contributed by atoms with E-state index in [1.54, 1.807) is 12.1 Å². The van der Waals surface area contributed by atoms with Crippen LogP contribution in [0, 0.1) is 23.7 Å². The van der Waals surface area contributed by atoms with Crippen molar-refractivity contribution in [1.82, 2.24) is 5.32 Å². The summed E-state index contributed by atoms with van der Waals surface area (Å²) in [6, 6.07) is 7.26. The van der Waals surface area contributed by atoms with Gasteiger partial charge in [0.1, 0.15) is 0 Å². The van der Waals surface area contributed by atoms with Crippen LogP contribution in [0.25, 0.3) is 0 Å². The molecular formula is C16H16ClNO3. The van der Waals surface area contributed by atoms with E-state index in [0.29, 0.717) is 11.6 Å². The number of carboxylic acids is 1. The average molecular weight is 306 g/mol. The van der Waals surface area contributed by atoms with Crippen LogP contribution in [0.3, 0.4) is 0 Å². The van der Waals surface area contributed by atoms with Gasteiger partial charge in [-0.05, 0) is 36.0 Å². The molecule has 1 saturated carbocycles. The number of carbonyl (C=O) groups is 2. The quantitative estimate of drug-likeness (QED) is 0.840. The summed E-state index contributed by atoms with van der Waals surface area (Å²) in [7, 11) is 0. The van der Waals surface area contributed by atoms with E-state index in [2.05, 4.69) is 5.32 Å². The lowest BCUT2D eigenvalue weighted by Crippen LogP contribution is -2.39. The molecule has 2 aliphatic carbocycles. The Balaban J connectivity index is 1.68. The van der Waals surface area contributed by atoms with Gasteiger partial charge in [-0.1, -0.05) is 35.9 Å². The first kappa shape index (κ1) is 14.1. The minimum absolute atomic E-state index is 0.00517. The summed E-state index contributed by atoms with van der Waals surface area (Å²) in [5.74, 6) is -2.07. The fourth-order valence-corrected chi connectivity index (χ4v) is 3.68. The Morgan fingerprint density at radius 1 is 1.24 bits per heavy atom. The molecule has 5 heteroatoms. The molecule has 2 bridgehead atoms. The molecule has 0 aliphatic heterocycles. The molecule has 1 aromatic carbocycles. The summed E-state index contributed by atoms with van der Waals surface area (Å²) < 4.78 is 0. The van der Waals surface area contributed by atoms with E-state index in [-0.39, 0.29) is 17.7 Å². The highest BCUT2D eigenvalue weighted by Gasteiger charge is 2.51. The van der Waals surface area contributed by atoms with Crippen molar-refractivity contribution in [3.8, 4) is 0 Å². The van der Waals surface area contributed by atoms with Gasteiger partial charge >= 0.3 is 5.97 Å². The van der Waals surface area contributed by atoms with Gasteiger partial charge in [0.25, 0.3) is 0 Å². The van der Waals surface area contributed by atoms with E-state index in [0.717, 1.165) is 12.0 Å². The molecule has 0 radical (unpaired) electrons. The SMILES string of the molecule is O=C(O)[C@H]1[C@H](C(=O)NCc2cccc(Cl)c2)[C@H]2C=C[C@@H]1C2. The zero-order valence-corrected chi connectivity index (χ0v) is 12.1. The number of benzene rings is 1. The van der Waals surface area contributed by atoms with Gasteiger partial charge in [-0.25, -0.2) is 0 Å². The summed E-state index contributed by atoms with van der Waals surface area (Å²) in [6.07, 6.45) is 4.68. The second kappa shape index (κ2) is 5.53. The Bertz CT molecular complexity index is 613. The van der Waals surface area contributed by atoms with Crippen molar-refractivity contribution in [1.29, 1.82) is 0 Å². The highest BCUT2D eigenvalue weighted by atomic mass is 35.5. The molecule has 4 atom stereocenters. The maximum absolute atomic E-state index is 12.4. The van der Waals surface area contributed by atoms with Crippen molar-refractivity contribution in [3.63, 3.8) is 0 Å². The number of hydrogen-bond acceptors (Lipinski definition) is 2. The van der Waals surface area contributed by atoms with E-state index in [4.69, 9.17) is 11.6 Å². The standard InChI is InChI=1S/C16H16ClNO3/c17-12-3-1-2-9(6-12)8-18-15(19)13-10-4-5-11(7-10)14(13)16(20)21/h1-6,10-11,13-14H,7-8H2,(H,18,19)(H,20,21)/t10-,11+,13+,14+/m0/s1. The van der Waals surface area contributed by atoms with E-state index in [1.807, 2.05) is 24.3 Å². The maximum Gasteiger partial charge on any atom is 0.307 e. The molecule has 0 spiro atoms. The molecule has 21 heavy (non-hydrogen) atoms. The van der Waals surface area contributed by atoms with Crippen molar-refractivity contribution in [2.24, 2.45) is 23.7 Å². The van der Waals surface area contributed by atoms with E-state index >= 15 is 0 Å². The van der Waals surface area contributed by atoms with Crippen LogP contribution in [0.4, 0.5) is 0 Å². The molecule has 1 aromatic rings.